The SMILES string of the molecule is CC(CN1CCCCC1)c1ccc2c(c1)CCCC2NC(=O)CC1CCCCN1S(=O)(=O)c1cccc(C(F)(F)F)c1. The number of halogens is 3. The standard InChI is InChI=1S/C32H42F3N3O3S/c1-23(22-37-16-4-2-5-17-37)24-14-15-29-25(19-24)9-7-13-30(29)36-31(39)21-27-11-3-6-18-38(27)42(40,41)28-12-8-10-26(20-28)32(33,34)35/h8,10,12,14-15,19-20,23,27,30H,2-7,9,11,13,16-18,21-22H2,1H3,(H,36,39). The van der Waals surface area contributed by atoms with Gasteiger partial charge in [-0.2, -0.15) is 17.5 Å². The predicted octanol–water partition coefficient (Wildman–Crippen LogP) is 6.42. The van der Waals surface area contributed by atoms with E-state index in [1.807, 2.05) is 0 Å². The molecule has 10 heteroatoms. The molecule has 2 aliphatic heterocycles. The lowest BCUT2D eigenvalue weighted by molar-refractivity contribution is -0.137. The van der Waals surface area contributed by atoms with Gasteiger partial charge >= 0.3 is 6.18 Å². The Bertz CT molecular complexity index is 1360. The van der Waals surface area contributed by atoms with Gasteiger partial charge < -0.3 is 10.2 Å². The summed E-state index contributed by atoms with van der Waals surface area (Å²) < 4.78 is 67.9. The van der Waals surface area contributed by atoms with Gasteiger partial charge in [-0.3, -0.25) is 4.79 Å². The van der Waals surface area contributed by atoms with Crippen LogP contribution in [0, 0.1) is 0 Å². The molecular formula is C32H42F3N3O3S. The van der Waals surface area contributed by atoms with Gasteiger partial charge in [0.25, 0.3) is 0 Å². The first kappa shape index (κ1) is 31.0. The summed E-state index contributed by atoms with van der Waals surface area (Å²) in [4.78, 5) is 15.5. The van der Waals surface area contributed by atoms with Crippen LogP contribution in [0.4, 0.5) is 13.2 Å². The van der Waals surface area contributed by atoms with Gasteiger partial charge in [-0.05, 0) is 98.8 Å². The van der Waals surface area contributed by atoms with Crippen molar-refractivity contribution in [3.8, 4) is 0 Å². The second-order valence-electron chi connectivity index (χ2n) is 12.2. The van der Waals surface area contributed by atoms with E-state index in [-0.39, 0.29) is 24.9 Å². The van der Waals surface area contributed by atoms with E-state index in [2.05, 4.69) is 35.3 Å². The molecule has 1 aliphatic carbocycles. The van der Waals surface area contributed by atoms with Crippen molar-refractivity contribution >= 4 is 15.9 Å². The quantitative estimate of drug-likeness (QED) is 0.377. The van der Waals surface area contributed by atoms with Gasteiger partial charge in [0.1, 0.15) is 0 Å². The molecule has 0 spiro atoms. The minimum atomic E-state index is -4.64. The number of aryl methyl sites for hydroxylation is 1. The molecule has 6 nitrogen and oxygen atoms in total. The molecular weight excluding hydrogens is 563 g/mol. The highest BCUT2D eigenvalue weighted by Gasteiger charge is 2.37. The largest absolute Gasteiger partial charge is 0.416 e. The van der Waals surface area contributed by atoms with E-state index in [0.717, 1.165) is 49.9 Å². The van der Waals surface area contributed by atoms with E-state index < -0.39 is 32.7 Å². The van der Waals surface area contributed by atoms with Crippen molar-refractivity contribution in [2.75, 3.05) is 26.2 Å². The van der Waals surface area contributed by atoms with E-state index in [0.29, 0.717) is 24.8 Å². The Morgan fingerprint density at radius 1 is 0.976 bits per heavy atom. The first-order chi connectivity index (χ1) is 20.0. The highest BCUT2D eigenvalue weighted by Crippen LogP contribution is 2.35. The zero-order chi connectivity index (χ0) is 29.9. The van der Waals surface area contributed by atoms with Crippen LogP contribution in [0.1, 0.15) is 98.9 Å². The van der Waals surface area contributed by atoms with Crippen LogP contribution in [-0.2, 0) is 27.4 Å². The fraction of sp³-hybridized carbons (Fsp3) is 0.594. The van der Waals surface area contributed by atoms with Crippen molar-refractivity contribution in [1.82, 2.24) is 14.5 Å². The van der Waals surface area contributed by atoms with Crippen molar-refractivity contribution in [2.24, 2.45) is 0 Å². The van der Waals surface area contributed by atoms with Crippen molar-refractivity contribution in [3.63, 3.8) is 0 Å². The van der Waals surface area contributed by atoms with E-state index in [1.165, 1.54) is 53.9 Å². The third-order valence-electron chi connectivity index (χ3n) is 9.13. The van der Waals surface area contributed by atoms with Gasteiger partial charge in [0, 0.05) is 25.6 Å². The molecule has 2 heterocycles. The number of alkyl halides is 3. The Balaban J connectivity index is 1.25. The second kappa shape index (κ2) is 13.1. The zero-order valence-electron chi connectivity index (χ0n) is 24.3. The van der Waals surface area contributed by atoms with Crippen LogP contribution in [0.25, 0.3) is 0 Å². The molecule has 230 valence electrons. The third kappa shape index (κ3) is 7.19. The number of amides is 1. The lowest BCUT2D eigenvalue weighted by Gasteiger charge is -2.35. The number of likely N-dealkylation sites (tertiary alicyclic amines) is 1. The molecule has 0 aromatic heterocycles. The molecule has 2 aromatic carbocycles. The number of piperidine rings is 2. The maximum atomic E-state index is 13.4. The average molecular weight is 606 g/mol. The fourth-order valence-corrected chi connectivity index (χ4v) is 8.59. The van der Waals surface area contributed by atoms with Crippen LogP contribution in [0.2, 0.25) is 0 Å². The number of sulfonamides is 1. The summed E-state index contributed by atoms with van der Waals surface area (Å²) >= 11 is 0. The third-order valence-corrected chi connectivity index (χ3v) is 11.1. The number of hydrogen-bond acceptors (Lipinski definition) is 4. The van der Waals surface area contributed by atoms with Crippen LogP contribution in [-0.4, -0.2) is 55.8 Å². The van der Waals surface area contributed by atoms with Crippen LogP contribution < -0.4 is 5.32 Å². The first-order valence-corrected chi connectivity index (χ1v) is 16.8. The number of nitrogens with one attached hydrogen (secondary N) is 1. The molecule has 1 N–H and O–H groups in total. The van der Waals surface area contributed by atoms with Gasteiger partial charge in [-0.15, -0.1) is 0 Å². The van der Waals surface area contributed by atoms with E-state index in [4.69, 9.17) is 0 Å². The van der Waals surface area contributed by atoms with E-state index >= 15 is 0 Å². The molecule has 2 saturated heterocycles. The summed E-state index contributed by atoms with van der Waals surface area (Å²) in [6.45, 7) is 5.86. The first-order valence-electron chi connectivity index (χ1n) is 15.4. The zero-order valence-corrected chi connectivity index (χ0v) is 25.2. The Morgan fingerprint density at radius 3 is 2.50 bits per heavy atom. The minimum absolute atomic E-state index is 0.0189. The molecule has 3 atom stereocenters. The smallest absolute Gasteiger partial charge is 0.349 e. The number of nitrogens with zero attached hydrogens (tertiary/aromatic N) is 2. The lowest BCUT2D eigenvalue weighted by atomic mass is 9.84. The molecule has 0 bridgehead atoms. The highest BCUT2D eigenvalue weighted by molar-refractivity contribution is 7.89. The summed E-state index contributed by atoms with van der Waals surface area (Å²) in [5.41, 5.74) is 2.71. The predicted molar refractivity (Wildman–Crippen MR) is 157 cm³/mol. The molecule has 42 heavy (non-hydrogen) atoms. The molecule has 3 unspecified atom stereocenters. The van der Waals surface area contributed by atoms with Crippen molar-refractivity contribution in [1.29, 1.82) is 0 Å². The van der Waals surface area contributed by atoms with Gasteiger partial charge in [0.05, 0.1) is 16.5 Å². The number of rotatable bonds is 8. The monoisotopic (exact) mass is 605 g/mol. The van der Waals surface area contributed by atoms with Gasteiger partial charge in [-0.1, -0.05) is 44.0 Å². The summed E-state index contributed by atoms with van der Waals surface area (Å²) in [5.74, 6) is 0.200. The van der Waals surface area contributed by atoms with Gasteiger partial charge in [-0.25, -0.2) is 8.42 Å². The van der Waals surface area contributed by atoms with Crippen molar-refractivity contribution in [2.45, 2.75) is 100 Å². The summed E-state index contributed by atoms with van der Waals surface area (Å²) in [6.07, 6.45) is 3.80. The molecule has 2 fully saturated rings. The fourth-order valence-electron chi connectivity index (χ4n) is 6.86. The number of carbonyl (C=O) groups excluding carboxylic acids is 1. The minimum Gasteiger partial charge on any atom is -0.349 e. The van der Waals surface area contributed by atoms with Crippen molar-refractivity contribution in [3.05, 3.63) is 64.7 Å². The summed E-state index contributed by atoms with van der Waals surface area (Å²) in [5, 5.41) is 3.16. The summed E-state index contributed by atoms with van der Waals surface area (Å²) in [6, 6.07) is 9.74. The Hall–Kier alpha value is -2.43. The van der Waals surface area contributed by atoms with Crippen LogP contribution in [0.5, 0.6) is 0 Å². The maximum absolute atomic E-state index is 13.4. The van der Waals surface area contributed by atoms with E-state index in [9.17, 15) is 26.4 Å². The molecule has 0 saturated carbocycles. The normalized spacial score (nSPS) is 23.2. The Morgan fingerprint density at radius 2 is 1.74 bits per heavy atom. The maximum Gasteiger partial charge on any atom is 0.416 e. The molecule has 1 amide bonds. The number of benzene rings is 2. The molecule has 5 rings (SSSR count). The Kier molecular flexibility index (Phi) is 9.64. The number of fused-ring (bicyclic) bond motifs is 1. The molecule has 3 aliphatic rings. The lowest BCUT2D eigenvalue weighted by Crippen LogP contribution is -2.46. The highest BCUT2D eigenvalue weighted by atomic mass is 32.2. The van der Waals surface area contributed by atoms with Crippen LogP contribution in [0.15, 0.2) is 47.4 Å². The van der Waals surface area contributed by atoms with Crippen LogP contribution >= 0.6 is 0 Å². The van der Waals surface area contributed by atoms with Gasteiger partial charge in [0.2, 0.25) is 15.9 Å². The Labute approximate surface area is 247 Å². The van der Waals surface area contributed by atoms with Crippen molar-refractivity contribution < 1.29 is 26.4 Å². The number of hydrogen-bond donors (Lipinski definition) is 1. The average Bonchev–Trinajstić information content (AvgIpc) is 2.97. The summed E-state index contributed by atoms with van der Waals surface area (Å²) in [7, 11) is -4.20. The van der Waals surface area contributed by atoms with Crippen LogP contribution in [0.3, 0.4) is 0 Å². The second-order valence-corrected chi connectivity index (χ2v) is 14.1. The molecule has 0 radical (unpaired) electrons. The van der Waals surface area contributed by atoms with Gasteiger partial charge in [0.15, 0.2) is 0 Å². The number of carbonyl (C=O) groups is 1. The topological polar surface area (TPSA) is 69.7 Å². The molecule has 2 aromatic rings. The van der Waals surface area contributed by atoms with E-state index in [1.54, 1.807) is 0 Å².